The van der Waals surface area contributed by atoms with Crippen LogP contribution >= 0.6 is 0 Å². The molecule has 2 aromatic rings. The molecule has 0 aliphatic carbocycles. The Morgan fingerprint density at radius 3 is 2.62 bits per heavy atom. The molecule has 1 N–H and O–H groups in total. The average molecular weight is 288 g/mol. The van der Waals surface area contributed by atoms with Crippen molar-refractivity contribution in [3.8, 4) is 5.69 Å². The summed E-state index contributed by atoms with van der Waals surface area (Å²) in [4.78, 5) is 28.4. The minimum Gasteiger partial charge on any atom is -0.480 e. The molecule has 7 nitrogen and oxygen atoms in total. The van der Waals surface area contributed by atoms with E-state index in [9.17, 15) is 9.59 Å². The van der Waals surface area contributed by atoms with Crippen LogP contribution in [0.2, 0.25) is 0 Å². The molecule has 1 heterocycles. The van der Waals surface area contributed by atoms with Gasteiger partial charge in [-0.15, -0.1) is 0 Å². The van der Waals surface area contributed by atoms with Crippen LogP contribution in [0, 0.1) is 6.92 Å². The summed E-state index contributed by atoms with van der Waals surface area (Å²) in [5.74, 6) is -1.37. The summed E-state index contributed by atoms with van der Waals surface area (Å²) < 4.78 is 1.59. The Morgan fingerprint density at radius 1 is 1.38 bits per heavy atom. The lowest BCUT2D eigenvalue weighted by atomic mass is 10.1. The van der Waals surface area contributed by atoms with Crippen LogP contribution in [0.5, 0.6) is 0 Å². The number of carbonyl (C=O) groups excluding carboxylic acids is 1. The quantitative estimate of drug-likeness (QED) is 0.910. The third-order valence-corrected chi connectivity index (χ3v) is 3.38. The number of carboxylic acid groups (broad SMARTS) is 1. The van der Waals surface area contributed by atoms with Crippen molar-refractivity contribution in [3.63, 3.8) is 0 Å². The summed E-state index contributed by atoms with van der Waals surface area (Å²) >= 11 is 0. The number of aryl methyl sites for hydroxylation is 1. The Bertz CT molecular complexity index is 667. The number of hydrogen-bond acceptors (Lipinski definition) is 4. The van der Waals surface area contributed by atoms with E-state index in [4.69, 9.17) is 5.11 Å². The van der Waals surface area contributed by atoms with Crippen molar-refractivity contribution in [3.05, 3.63) is 42.0 Å². The predicted molar refractivity (Wildman–Crippen MR) is 75.3 cm³/mol. The Balaban J connectivity index is 2.29. The van der Waals surface area contributed by atoms with E-state index < -0.39 is 12.0 Å². The zero-order valence-corrected chi connectivity index (χ0v) is 12.0. The fraction of sp³-hybridized carbons (Fsp3) is 0.286. The molecule has 0 saturated carbocycles. The van der Waals surface area contributed by atoms with Gasteiger partial charge in [0.2, 0.25) is 0 Å². The minimum absolute atomic E-state index is 0.326. The highest BCUT2D eigenvalue weighted by Crippen LogP contribution is 2.16. The maximum absolute atomic E-state index is 12.3. The third kappa shape index (κ3) is 2.91. The van der Waals surface area contributed by atoms with Crippen LogP contribution in [-0.4, -0.2) is 49.7 Å². The molecule has 0 bridgehead atoms. The SMILES string of the molecule is Cc1cc(-n2cncn2)ccc1C(=O)N(C)C(C)C(=O)O. The van der Waals surface area contributed by atoms with Gasteiger partial charge in [0.15, 0.2) is 0 Å². The summed E-state index contributed by atoms with van der Waals surface area (Å²) in [6, 6.07) is 4.33. The van der Waals surface area contributed by atoms with Crippen molar-refractivity contribution in [2.75, 3.05) is 7.05 Å². The van der Waals surface area contributed by atoms with E-state index in [1.165, 1.54) is 25.2 Å². The lowest BCUT2D eigenvalue weighted by molar-refractivity contribution is -0.141. The molecule has 7 heteroatoms. The van der Waals surface area contributed by atoms with Gasteiger partial charge in [0.25, 0.3) is 5.91 Å². The van der Waals surface area contributed by atoms with Crippen LogP contribution < -0.4 is 0 Å². The molecule has 0 radical (unpaired) electrons. The molecule has 1 unspecified atom stereocenters. The molecular weight excluding hydrogens is 272 g/mol. The number of carbonyl (C=O) groups is 2. The molecular formula is C14H16N4O3. The molecule has 110 valence electrons. The molecule has 1 aromatic carbocycles. The second-order valence-electron chi connectivity index (χ2n) is 4.77. The van der Waals surface area contributed by atoms with E-state index in [1.54, 1.807) is 36.1 Å². The molecule has 1 atom stereocenters. The van der Waals surface area contributed by atoms with Crippen molar-refractivity contribution in [2.45, 2.75) is 19.9 Å². The Labute approximate surface area is 121 Å². The number of likely N-dealkylation sites (N-methyl/N-ethyl adjacent to an activating group) is 1. The van der Waals surface area contributed by atoms with Gasteiger partial charge in [-0.25, -0.2) is 14.5 Å². The largest absolute Gasteiger partial charge is 0.480 e. The summed E-state index contributed by atoms with van der Waals surface area (Å²) in [5, 5.41) is 13.0. The fourth-order valence-corrected chi connectivity index (χ4v) is 1.90. The van der Waals surface area contributed by atoms with Crippen LogP contribution in [-0.2, 0) is 4.79 Å². The van der Waals surface area contributed by atoms with Crippen molar-refractivity contribution >= 4 is 11.9 Å². The first-order valence-corrected chi connectivity index (χ1v) is 6.37. The van der Waals surface area contributed by atoms with Crippen LogP contribution in [0.25, 0.3) is 5.69 Å². The molecule has 0 spiro atoms. The molecule has 21 heavy (non-hydrogen) atoms. The van der Waals surface area contributed by atoms with Gasteiger partial charge in [0.1, 0.15) is 18.7 Å². The van der Waals surface area contributed by atoms with Crippen LogP contribution in [0.3, 0.4) is 0 Å². The molecule has 0 fully saturated rings. The average Bonchev–Trinajstić information content (AvgIpc) is 2.99. The van der Waals surface area contributed by atoms with Gasteiger partial charge in [0.05, 0.1) is 5.69 Å². The Kier molecular flexibility index (Phi) is 4.02. The standard InChI is InChI=1S/C14H16N4O3/c1-9-6-11(18-8-15-7-16-18)4-5-12(9)13(19)17(3)10(2)14(20)21/h4-8,10H,1-3H3,(H,20,21). The Hall–Kier alpha value is -2.70. The lowest BCUT2D eigenvalue weighted by Crippen LogP contribution is -2.40. The van der Waals surface area contributed by atoms with Crippen molar-refractivity contribution in [1.29, 1.82) is 0 Å². The topological polar surface area (TPSA) is 88.3 Å². The summed E-state index contributed by atoms with van der Waals surface area (Å²) in [7, 11) is 1.48. The highest BCUT2D eigenvalue weighted by atomic mass is 16.4. The molecule has 0 saturated heterocycles. The van der Waals surface area contributed by atoms with Gasteiger partial charge in [-0.3, -0.25) is 4.79 Å². The molecule has 0 aliphatic heterocycles. The van der Waals surface area contributed by atoms with Crippen molar-refractivity contribution < 1.29 is 14.7 Å². The number of aliphatic carboxylic acids is 1. The summed E-state index contributed by atoms with van der Waals surface area (Å²) in [5.41, 5.74) is 2.00. The third-order valence-electron chi connectivity index (χ3n) is 3.38. The zero-order chi connectivity index (χ0) is 15.6. The van der Waals surface area contributed by atoms with Gasteiger partial charge >= 0.3 is 5.97 Å². The van der Waals surface area contributed by atoms with Gasteiger partial charge < -0.3 is 10.0 Å². The van der Waals surface area contributed by atoms with Gasteiger partial charge in [-0.1, -0.05) is 0 Å². The minimum atomic E-state index is -1.04. The lowest BCUT2D eigenvalue weighted by Gasteiger charge is -2.22. The van der Waals surface area contributed by atoms with E-state index in [-0.39, 0.29) is 5.91 Å². The Morgan fingerprint density at radius 2 is 2.10 bits per heavy atom. The van der Waals surface area contributed by atoms with Crippen LogP contribution in [0.1, 0.15) is 22.8 Å². The second-order valence-corrected chi connectivity index (χ2v) is 4.77. The number of rotatable bonds is 4. The summed E-state index contributed by atoms with van der Waals surface area (Å²) in [6.07, 6.45) is 2.99. The van der Waals surface area contributed by atoms with Crippen LogP contribution in [0.15, 0.2) is 30.9 Å². The summed E-state index contributed by atoms with van der Waals surface area (Å²) in [6.45, 7) is 3.27. The second kappa shape index (κ2) is 5.74. The van der Waals surface area contributed by atoms with Crippen molar-refractivity contribution in [2.24, 2.45) is 0 Å². The van der Waals surface area contributed by atoms with E-state index in [2.05, 4.69) is 10.1 Å². The molecule has 0 aliphatic rings. The first-order valence-electron chi connectivity index (χ1n) is 6.37. The number of carboxylic acids is 1. The zero-order valence-electron chi connectivity index (χ0n) is 12.0. The van der Waals surface area contributed by atoms with E-state index in [0.29, 0.717) is 5.56 Å². The molecule has 1 amide bonds. The fourth-order valence-electron chi connectivity index (χ4n) is 1.90. The van der Waals surface area contributed by atoms with Gasteiger partial charge in [-0.2, -0.15) is 5.10 Å². The first kappa shape index (κ1) is 14.7. The highest BCUT2D eigenvalue weighted by Gasteiger charge is 2.23. The predicted octanol–water partition coefficient (Wildman–Crippen LogP) is 1.12. The maximum atomic E-state index is 12.3. The van der Waals surface area contributed by atoms with Crippen molar-refractivity contribution in [1.82, 2.24) is 19.7 Å². The number of aromatic nitrogens is 3. The highest BCUT2D eigenvalue weighted by molar-refractivity contribution is 5.97. The van der Waals surface area contributed by atoms with Crippen LogP contribution in [0.4, 0.5) is 0 Å². The molecule has 2 rings (SSSR count). The van der Waals surface area contributed by atoms with E-state index >= 15 is 0 Å². The van der Waals surface area contributed by atoms with Gasteiger partial charge in [-0.05, 0) is 37.6 Å². The van der Waals surface area contributed by atoms with E-state index in [1.807, 2.05) is 0 Å². The monoisotopic (exact) mass is 288 g/mol. The maximum Gasteiger partial charge on any atom is 0.326 e. The number of hydrogen-bond donors (Lipinski definition) is 1. The number of nitrogens with zero attached hydrogens (tertiary/aromatic N) is 4. The normalized spacial score (nSPS) is 12.0. The molecule has 1 aromatic heterocycles. The number of amides is 1. The smallest absolute Gasteiger partial charge is 0.326 e. The van der Waals surface area contributed by atoms with Gasteiger partial charge in [0, 0.05) is 12.6 Å². The van der Waals surface area contributed by atoms with E-state index in [0.717, 1.165) is 11.3 Å². The number of benzene rings is 1. The first-order chi connectivity index (χ1) is 9.91.